The Bertz CT molecular complexity index is 845. The summed E-state index contributed by atoms with van der Waals surface area (Å²) in [5.74, 6) is 0.0234. The topological polar surface area (TPSA) is 65.1 Å². The van der Waals surface area contributed by atoms with Gasteiger partial charge in [0.1, 0.15) is 0 Å². The third-order valence-electron chi connectivity index (χ3n) is 5.08. The van der Waals surface area contributed by atoms with E-state index in [4.69, 9.17) is 17.3 Å². The largest absolute Gasteiger partial charge is 0.366 e. The minimum absolute atomic E-state index is 0.0931. The first kappa shape index (κ1) is 21.7. The molecule has 0 aliphatic carbocycles. The van der Waals surface area contributed by atoms with E-state index in [1.165, 1.54) is 0 Å². The minimum atomic E-state index is -0.443. The maximum Gasteiger partial charge on any atom is 0.251 e. The lowest BCUT2D eigenvalue weighted by Crippen LogP contribution is -2.13. The lowest BCUT2D eigenvalue weighted by molar-refractivity contribution is 0.1000. The lowest BCUT2D eigenvalue weighted by Gasteiger charge is -2.16. The summed E-state index contributed by atoms with van der Waals surface area (Å²) >= 11 is 6.37. The highest BCUT2D eigenvalue weighted by Crippen LogP contribution is 2.36. The van der Waals surface area contributed by atoms with Gasteiger partial charge in [0, 0.05) is 34.7 Å². The van der Waals surface area contributed by atoms with Crippen LogP contribution in [0.2, 0.25) is 5.02 Å². The van der Waals surface area contributed by atoms with Crippen molar-refractivity contribution in [2.45, 2.75) is 53.5 Å². The summed E-state index contributed by atoms with van der Waals surface area (Å²) in [5, 5.41) is 0.666. The van der Waals surface area contributed by atoms with Crippen LogP contribution < -0.4 is 5.73 Å². The fourth-order valence-electron chi connectivity index (χ4n) is 3.74. The average molecular weight is 407 g/mol. The van der Waals surface area contributed by atoms with Crippen molar-refractivity contribution in [2.24, 2.45) is 11.7 Å². The van der Waals surface area contributed by atoms with Gasteiger partial charge in [0.05, 0.1) is 5.56 Å². The molecule has 1 unspecified atom stereocenters. The van der Waals surface area contributed by atoms with E-state index in [0.29, 0.717) is 29.2 Å². The van der Waals surface area contributed by atoms with Crippen molar-refractivity contribution in [1.82, 2.24) is 4.57 Å². The van der Waals surface area contributed by atoms with Crippen LogP contribution in [0.25, 0.3) is 11.1 Å². The van der Waals surface area contributed by atoms with Crippen molar-refractivity contribution < 1.29 is 9.36 Å². The SMILES string of the molecule is CCCC(C)Cc1c(-c2ccc(C)c(Cl)c2)c(C(N)=O)c(C)n1CCP=O. The molecule has 27 heavy (non-hydrogen) atoms. The Morgan fingerprint density at radius 3 is 2.59 bits per heavy atom. The predicted octanol–water partition coefficient (Wildman–Crippen LogP) is 5.79. The number of hydrogen-bond acceptors (Lipinski definition) is 2. The van der Waals surface area contributed by atoms with Crippen molar-refractivity contribution in [2.75, 3.05) is 6.16 Å². The highest BCUT2D eigenvalue weighted by molar-refractivity contribution is 7.23. The van der Waals surface area contributed by atoms with Crippen molar-refractivity contribution in [3.63, 3.8) is 0 Å². The zero-order valence-electron chi connectivity index (χ0n) is 16.5. The van der Waals surface area contributed by atoms with Crippen LogP contribution in [-0.2, 0) is 17.5 Å². The van der Waals surface area contributed by atoms with Gasteiger partial charge in [-0.05, 0) is 43.4 Å². The van der Waals surface area contributed by atoms with Crippen LogP contribution in [-0.4, -0.2) is 16.6 Å². The Morgan fingerprint density at radius 2 is 2.04 bits per heavy atom. The molecule has 0 aliphatic heterocycles. The van der Waals surface area contributed by atoms with Gasteiger partial charge >= 0.3 is 0 Å². The summed E-state index contributed by atoms with van der Waals surface area (Å²) in [5.41, 5.74) is 11.0. The predicted molar refractivity (Wildman–Crippen MR) is 113 cm³/mol. The van der Waals surface area contributed by atoms with Gasteiger partial charge in [-0.1, -0.05) is 50.4 Å². The number of amides is 1. The quantitative estimate of drug-likeness (QED) is 0.535. The van der Waals surface area contributed by atoms with Crippen LogP contribution in [0.3, 0.4) is 0 Å². The second-order valence-corrected chi connectivity index (χ2v) is 8.33. The van der Waals surface area contributed by atoms with Gasteiger partial charge in [0.25, 0.3) is 5.91 Å². The Labute approximate surface area is 168 Å². The first-order valence-corrected chi connectivity index (χ1v) is 10.8. The Balaban J connectivity index is 2.74. The fraction of sp³-hybridized carbons (Fsp3) is 0.476. The number of carbonyl (C=O) groups is 1. The molecule has 146 valence electrons. The second kappa shape index (κ2) is 9.52. The number of benzene rings is 1. The molecule has 0 bridgehead atoms. The summed E-state index contributed by atoms with van der Waals surface area (Å²) in [4.78, 5) is 12.3. The van der Waals surface area contributed by atoms with Crippen molar-refractivity contribution in [3.05, 3.63) is 45.7 Å². The molecule has 2 N–H and O–H groups in total. The Kier molecular flexibility index (Phi) is 7.64. The van der Waals surface area contributed by atoms with Gasteiger partial charge in [-0.25, -0.2) is 0 Å². The number of nitrogens with two attached hydrogens (primary N) is 1. The van der Waals surface area contributed by atoms with E-state index in [9.17, 15) is 9.36 Å². The van der Waals surface area contributed by atoms with Crippen molar-refractivity contribution >= 4 is 26.0 Å². The van der Waals surface area contributed by atoms with Crippen molar-refractivity contribution in [3.8, 4) is 11.1 Å². The van der Waals surface area contributed by atoms with Gasteiger partial charge in [-0.2, -0.15) is 0 Å². The number of aryl methyl sites for hydroxylation is 1. The third-order valence-corrected chi connectivity index (χ3v) is 5.87. The molecule has 1 amide bonds. The molecule has 0 radical (unpaired) electrons. The van der Waals surface area contributed by atoms with Crippen LogP contribution in [0, 0.1) is 19.8 Å². The van der Waals surface area contributed by atoms with Crippen LogP contribution in [0.4, 0.5) is 0 Å². The smallest absolute Gasteiger partial charge is 0.251 e. The van der Waals surface area contributed by atoms with E-state index in [2.05, 4.69) is 18.4 Å². The molecular formula is C21H28ClN2O2P. The average Bonchev–Trinajstić information content (AvgIpc) is 2.87. The van der Waals surface area contributed by atoms with Crippen LogP contribution in [0.5, 0.6) is 0 Å². The van der Waals surface area contributed by atoms with Gasteiger partial charge in [0.15, 0.2) is 8.46 Å². The summed E-state index contributed by atoms with van der Waals surface area (Å²) in [6, 6.07) is 5.86. The highest BCUT2D eigenvalue weighted by Gasteiger charge is 2.25. The zero-order valence-corrected chi connectivity index (χ0v) is 18.2. The number of nitrogens with zero attached hydrogens (tertiary/aromatic N) is 1. The maximum absolute atomic E-state index is 12.3. The Hall–Kier alpha value is -1.64. The monoisotopic (exact) mass is 406 g/mol. The molecule has 1 aromatic heterocycles. The molecule has 0 spiro atoms. The van der Waals surface area contributed by atoms with Crippen molar-refractivity contribution in [1.29, 1.82) is 0 Å². The molecule has 6 heteroatoms. The standard InChI is InChI=1S/C21H28ClN2O2P/c1-5-6-13(2)11-18-20(16-8-7-14(3)17(22)12-16)19(21(23)25)15(4)24(18)9-10-27-26/h7-8,12-13H,5-6,9-11H2,1-4H3,(H2,23,25). The number of rotatable bonds is 9. The third kappa shape index (κ3) is 4.80. The summed E-state index contributed by atoms with van der Waals surface area (Å²) in [6.45, 7) is 8.85. The normalized spacial score (nSPS) is 12.5. The number of halogens is 1. The van der Waals surface area contributed by atoms with Gasteiger partial charge < -0.3 is 10.3 Å². The lowest BCUT2D eigenvalue weighted by atomic mass is 9.93. The van der Waals surface area contributed by atoms with Crippen LogP contribution >= 0.6 is 20.1 Å². The molecule has 0 saturated heterocycles. The second-order valence-electron chi connectivity index (χ2n) is 7.21. The van der Waals surface area contributed by atoms with Gasteiger partial charge in [-0.15, -0.1) is 0 Å². The fourth-order valence-corrected chi connectivity index (χ4v) is 4.20. The van der Waals surface area contributed by atoms with Crippen LogP contribution in [0.1, 0.15) is 54.0 Å². The van der Waals surface area contributed by atoms with E-state index in [-0.39, 0.29) is 8.46 Å². The molecule has 0 aliphatic rings. The molecule has 1 atom stereocenters. The highest BCUT2D eigenvalue weighted by atomic mass is 35.5. The number of carbonyl (C=O) groups excluding carboxylic acids is 1. The molecule has 4 nitrogen and oxygen atoms in total. The Morgan fingerprint density at radius 1 is 1.33 bits per heavy atom. The zero-order chi connectivity index (χ0) is 20.1. The van der Waals surface area contributed by atoms with Gasteiger partial charge in [0.2, 0.25) is 0 Å². The summed E-state index contributed by atoms with van der Waals surface area (Å²) in [6.07, 6.45) is 3.54. The van der Waals surface area contributed by atoms with Gasteiger partial charge in [-0.3, -0.25) is 9.36 Å². The molecule has 1 heterocycles. The van der Waals surface area contributed by atoms with E-state index < -0.39 is 5.91 Å². The molecule has 2 rings (SSSR count). The van der Waals surface area contributed by atoms with E-state index in [0.717, 1.165) is 47.3 Å². The molecule has 0 saturated carbocycles. The number of hydrogen-bond donors (Lipinski definition) is 1. The first-order chi connectivity index (χ1) is 12.8. The number of aromatic nitrogens is 1. The van der Waals surface area contributed by atoms with E-state index in [1.807, 2.05) is 32.0 Å². The molecule has 2 aromatic rings. The number of primary amides is 1. The van der Waals surface area contributed by atoms with E-state index >= 15 is 0 Å². The molecular weight excluding hydrogens is 379 g/mol. The molecule has 1 aromatic carbocycles. The van der Waals surface area contributed by atoms with E-state index in [1.54, 1.807) is 0 Å². The summed E-state index contributed by atoms with van der Waals surface area (Å²) in [7, 11) is 0.0931. The molecule has 0 fully saturated rings. The summed E-state index contributed by atoms with van der Waals surface area (Å²) < 4.78 is 13.2. The first-order valence-electron chi connectivity index (χ1n) is 9.39. The maximum atomic E-state index is 12.3. The van der Waals surface area contributed by atoms with Crippen LogP contribution in [0.15, 0.2) is 18.2 Å². The minimum Gasteiger partial charge on any atom is -0.366 e.